The van der Waals surface area contributed by atoms with Gasteiger partial charge >= 0.3 is 0 Å². The molecule has 0 aliphatic heterocycles. The summed E-state index contributed by atoms with van der Waals surface area (Å²) in [5, 5.41) is 3.63. The zero-order chi connectivity index (χ0) is 7.56. The maximum absolute atomic E-state index is 10.2. The molecule has 0 aliphatic carbocycles. The van der Waals surface area contributed by atoms with Crippen LogP contribution in [0.3, 0.4) is 0 Å². The minimum absolute atomic E-state index is 0.343. The Kier molecular flexibility index (Phi) is 2.21. The number of hydrogen-bond donors (Lipinski definition) is 0. The van der Waals surface area contributed by atoms with E-state index in [0.717, 1.165) is 6.29 Å². The molecule has 10 heavy (non-hydrogen) atoms. The van der Waals surface area contributed by atoms with E-state index in [1.165, 1.54) is 0 Å². The highest BCUT2D eigenvalue weighted by Crippen LogP contribution is 2.18. The summed E-state index contributed by atoms with van der Waals surface area (Å²) in [6, 6.07) is 1.72. The zero-order valence-electron chi connectivity index (χ0n) is 5.37. The van der Waals surface area contributed by atoms with E-state index in [0.29, 0.717) is 11.5 Å². The van der Waals surface area contributed by atoms with Crippen molar-refractivity contribution in [1.29, 1.82) is 0 Å². The fourth-order valence-corrected chi connectivity index (χ4v) is 0.801. The van der Waals surface area contributed by atoms with Gasteiger partial charge in [0, 0.05) is 6.07 Å². The normalized spacial score (nSPS) is 13.0. The van der Waals surface area contributed by atoms with Gasteiger partial charge in [0.25, 0.3) is 0 Å². The molecule has 0 aromatic carbocycles. The Morgan fingerprint density at radius 3 is 3.00 bits per heavy atom. The second-order valence-electron chi connectivity index (χ2n) is 1.90. The molecule has 0 amide bonds. The van der Waals surface area contributed by atoms with E-state index in [2.05, 4.69) is 21.1 Å². The molecule has 1 aromatic heterocycles. The van der Waals surface area contributed by atoms with E-state index >= 15 is 0 Å². The summed E-state index contributed by atoms with van der Waals surface area (Å²) in [7, 11) is 0. The van der Waals surface area contributed by atoms with Crippen molar-refractivity contribution in [3.05, 3.63) is 17.5 Å². The Balaban J connectivity index is 2.84. The third-order valence-corrected chi connectivity index (χ3v) is 1.73. The van der Waals surface area contributed by atoms with Gasteiger partial charge < -0.3 is 9.32 Å². The lowest BCUT2D eigenvalue weighted by molar-refractivity contribution is -0.107. The number of carbonyl (C=O) groups is 1. The van der Waals surface area contributed by atoms with Crippen LogP contribution >= 0.6 is 15.9 Å². The summed E-state index contributed by atoms with van der Waals surface area (Å²) >= 11 is 3.11. The van der Waals surface area contributed by atoms with Crippen LogP contribution in [0.25, 0.3) is 0 Å². The Hall–Kier alpha value is -0.640. The van der Waals surface area contributed by atoms with Gasteiger partial charge in [0.05, 0.1) is 0 Å². The summed E-state index contributed by atoms with van der Waals surface area (Å²) in [4.78, 5) is 9.84. The van der Waals surface area contributed by atoms with Crippen LogP contribution in [0.5, 0.6) is 0 Å². The summed E-state index contributed by atoms with van der Waals surface area (Å²) in [6.45, 7) is 1.78. The van der Waals surface area contributed by atoms with E-state index in [-0.39, 0.29) is 4.83 Å². The van der Waals surface area contributed by atoms with Crippen LogP contribution in [0.15, 0.2) is 10.6 Å². The van der Waals surface area contributed by atoms with Crippen molar-refractivity contribution in [3.8, 4) is 0 Å². The first kappa shape index (κ1) is 7.47. The van der Waals surface area contributed by atoms with Crippen LogP contribution in [-0.2, 0) is 4.79 Å². The van der Waals surface area contributed by atoms with Gasteiger partial charge in [0.15, 0.2) is 0 Å². The van der Waals surface area contributed by atoms with Crippen molar-refractivity contribution in [2.45, 2.75) is 11.8 Å². The number of carbonyl (C=O) groups excluding carboxylic acids is 1. The lowest BCUT2D eigenvalue weighted by Gasteiger charge is -1.89. The highest BCUT2D eigenvalue weighted by Gasteiger charge is 2.09. The van der Waals surface area contributed by atoms with Crippen molar-refractivity contribution >= 4 is 22.2 Å². The molecule has 0 radical (unpaired) electrons. The molecule has 0 saturated carbocycles. The lowest BCUT2D eigenvalue weighted by atomic mass is 10.3. The van der Waals surface area contributed by atoms with E-state index in [9.17, 15) is 4.79 Å². The first-order chi connectivity index (χ1) is 4.74. The van der Waals surface area contributed by atoms with Gasteiger partial charge in [-0.2, -0.15) is 0 Å². The van der Waals surface area contributed by atoms with Gasteiger partial charge in [-0.05, 0) is 6.92 Å². The number of alkyl halides is 1. The second-order valence-corrected chi connectivity index (χ2v) is 2.89. The number of halogens is 1. The maximum atomic E-state index is 10.2. The Morgan fingerprint density at radius 2 is 2.60 bits per heavy atom. The predicted octanol–water partition coefficient (Wildman–Crippen LogP) is 1.62. The molecule has 3 nitrogen and oxygen atoms in total. The van der Waals surface area contributed by atoms with Crippen LogP contribution in [0, 0.1) is 6.92 Å². The fourth-order valence-electron chi connectivity index (χ4n) is 0.585. The van der Waals surface area contributed by atoms with Gasteiger partial charge in [-0.15, -0.1) is 0 Å². The third kappa shape index (κ3) is 1.44. The summed E-state index contributed by atoms with van der Waals surface area (Å²) in [5.41, 5.74) is 0.618. The molecule has 0 aliphatic rings. The number of aldehydes is 1. The van der Waals surface area contributed by atoms with Gasteiger partial charge in [0.2, 0.25) is 0 Å². The minimum atomic E-state index is -0.343. The van der Waals surface area contributed by atoms with Crippen LogP contribution in [0.2, 0.25) is 0 Å². The molecule has 4 heteroatoms. The number of aryl methyl sites for hydroxylation is 1. The molecule has 0 fully saturated rings. The Morgan fingerprint density at radius 1 is 1.90 bits per heavy atom. The maximum Gasteiger partial charge on any atom is 0.139 e. The second kappa shape index (κ2) is 2.96. The van der Waals surface area contributed by atoms with Crippen molar-refractivity contribution in [2.75, 3.05) is 0 Å². The molecule has 0 spiro atoms. The van der Waals surface area contributed by atoms with E-state index < -0.39 is 0 Å². The average Bonchev–Trinajstić information content (AvgIpc) is 2.34. The lowest BCUT2D eigenvalue weighted by Crippen LogP contribution is -1.88. The number of hydrogen-bond acceptors (Lipinski definition) is 3. The largest absolute Gasteiger partial charge is 0.361 e. The van der Waals surface area contributed by atoms with Crippen LogP contribution in [0.4, 0.5) is 0 Å². The number of nitrogens with zero attached hydrogens (tertiary/aromatic N) is 1. The molecule has 1 atom stereocenters. The Labute approximate surface area is 66.5 Å². The molecule has 0 N–H and O–H groups in total. The molecule has 1 heterocycles. The topological polar surface area (TPSA) is 43.1 Å². The van der Waals surface area contributed by atoms with E-state index in [1.54, 1.807) is 13.0 Å². The average molecular weight is 204 g/mol. The molecule has 1 rings (SSSR count). The van der Waals surface area contributed by atoms with Gasteiger partial charge in [-0.25, -0.2) is 0 Å². The highest BCUT2D eigenvalue weighted by molar-refractivity contribution is 9.09. The Bertz CT molecular complexity index is 233. The zero-order valence-corrected chi connectivity index (χ0v) is 6.96. The smallest absolute Gasteiger partial charge is 0.139 e. The molecule has 0 bridgehead atoms. The third-order valence-electron chi connectivity index (χ3n) is 1.05. The predicted molar refractivity (Wildman–Crippen MR) is 39.0 cm³/mol. The monoisotopic (exact) mass is 203 g/mol. The van der Waals surface area contributed by atoms with Crippen molar-refractivity contribution in [1.82, 2.24) is 5.16 Å². The minimum Gasteiger partial charge on any atom is -0.361 e. The highest BCUT2D eigenvalue weighted by atomic mass is 79.9. The summed E-state index contributed by atoms with van der Waals surface area (Å²) in [5.74, 6) is 0.710. The molecular weight excluding hydrogens is 198 g/mol. The molecule has 1 aromatic rings. The molecule has 1 unspecified atom stereocenters. The SMILES string of the molecule is Cc1cc(C(Br)C=O)no1. The number of rotatable bonds is 2. The van der Waals surface area contributed by atoms with Crippen LogP contribution < -0.4 is 0 Å². The first-order valence-corrected chi connectivity index (χ1v) is 3.68. The quantitative estimate of drug-likeness (QED) is 0.542. The summed E-state index contributed by atoms with van der Waals surface area (Å²) in [6.07, 6.45) is 0.761. The first-order valence-electron chi connectivity index (χ1n) is 2.76. The van der Waals surface area contributed by atoms with E-state index in [1.807, 2.05) is 0 Å². The van der Waals surface area contributed by atoms with Gasteiger partial charge in [-0.1, -0.05) is 21.1 Å². The summed E-state index contributed by atoms with van der Waals surface area (Å²) < 4.78 is 4.75. The van der Waals surface area contributed by atoms with Crippen molar-refractivity contribution in [2.24, 2.45) is 0 Å². The molecule has 0 saturated heterocycles. The van der Waals surface area contributed by atoms with Crippen LogP contribution in [-0.4, -0.2) is 11.4 Å². The van der Waals surface area contributed by atoms with Crippen molar-refractivity contribution in [3.63, 3.8) is 0 Å². The molecular formula is C6H6BrNO2. The van der Waals surface area contributed by atoms with Gasteiger partial charge in [0.1, 0.15) is 22.6 Å². The van der Waals surface area contributed by atoms with E-state index in [4.69, 9.17) is 4.52 Å². The van der Waals surface area contributed by atoms with Crippen LogP contribution in [0.1, 0.15) is 16.3 Å². The van der Waals surface area contributed by atoms with Crippen molar-refractivity contribution < 1.29 is 9.32 Å². The number of aromatic nitrogens is 1. The van der Waals surface area contributed by atoms with Gasteiger partial charge in [-0.3, -0.25) is 0 Å². The standard InChI is InChI=1S/C6H6BrNO2/c1-4-2-6(8-10-4)5(7)3-9/h2-3,5H,1H3. The molecule has 54 valence electrons. The fraction of sp³-hybridized carbons (Fsp3) is 0.333.